The third-order valence-electron chi connectivity index (χ3n) is 4.61. The Bertz CT molecular complexity index is 600. The molecule has 2 rings (SSSR count). The predicted octanol–water partition coefficient (Wildman–Crippen LogP) is 3.46. The van der Waals surface area contributed by atoms with Crippen molar-refractivity contribution in [3.05, 3.63) is 32.9 Å². The first-order valence-corrected chi connectivity index (χ1v) is 10.5. The van der Waals surface area contributed by atoms with Crippen LogP contribution in [0.3, 0.4) is 0 Å². The Morgan fingerprint density at radius 1 is 1.33 bits per heavy atom. The normalized spacial score (nSPS) is 24.8. The van der Waals surface area contributed by atoms with Gasteiger partial charge in [0.05, 0.1) is 5.25 Å². The Morgan fingerprint density at radius 2 is 2.05 bits per heavy atom. The topological polar surface area (TPSA) is 46.2 Å². The van der Waals surface area contributed by atoms with Crippen LogP contribution in [0.5, 0.6) is 0 Å². The number of rotatable bonds is 4. The van der Waals surface area contributed by atoms with Gasteiger partial charge in [0.2, 0.25) is 0 Å². The van der Waals surface area contributed by atoms with Gasteiger partial charge in [0.25, 0.3) is 0 Å². The lowest BCUT2D eigenvalue weighted by Crippen LogP contribution is -2.34. The fraction of sp³-hybridized carbons (Fsp3) is 0.625. The van der Waals surface area contributed by atoms with Crippen LogP contribution in [0, 0.1) is 16.4 Å². The van der Waals surface area contributed by atoms with Crippen molar-refractivity contribution < 1.29 is 8.42 Å². The fourth-order valence-electron chi connectivity index (χ4n) is 3.43. The molecule has 1 N–H and O–H groups in total. The molecule has 0 bridgehead atoms. The van der Waals surface area contributed by atoms with Gasteiger partial charge in [-0.1, -0.05) is 24.6 Å². The molecule has 1 fully saturated rings. The van der Waals surface area contributed by atoms with Crippen LogP contribution in [-0.4, -0.2) is 27.0 Å². The van der Waals surface area contributed by atoms with Crippen molar-refractivity contribution in [1.82, 2.24) is 5.32 Å². The zero-order valence-corrected chi connectivity index (χ0v) is 15.9. The van der Waals surface area contributed by atoms with Crippen molar-refractivity contribution in [2.75, 3.05) is 13.3 Å². The van der Waals surface area contributed by atoms with E-state index in [1.165, 1.54) is 21.0 Å². The second-order valence-corrected chi connectivity index (χ2v) is 9.53. The molecule has 118 valence electrons. The number of hydrogen-bond acceptors (Lipinski definition) is 3. The molecule has 1 aliphatic rings. The van der Waals surface area contributed by atoms with Gasteiger partial charge in [-0.3, -0.25) is 0 Å². The summed E-state index contributed by atoms with van der Waals surface area (Å²) in [5, 5.41) is 3.26. The van der Waals surface area contributed by atoms with E-state index in [9.17, 15) is 8.42 Å². The number of aryl methyl sites for hydroxylation is 1. The van der Waals surface area contributed by atoms with Crippen LogP contribution in [0.15, 0.2) is 18.2 Å². The molecule has 0 amide bonds. The molecule has 1 aromatic rings. The molecule has 0 saturated heterocycles. The van der Waals surface area contributed by atoms with Gasteiger partial charge in [-0.15, -0.1) is 0 Å². The van der Waals surface area contributed by atoms with Crippen LogP contribution in [0.2, 0.25) is 0 Å². The van der Waals surface area contributed by atoms with Crippen molar-refractivity contribution in [2.24, 2.45) is 5.92 Å². The number of sulfone groups is 1. The SMILES string of the molecule is CNC(c1cccc(C)c1I)C1CCCC(S(C)(=O)=O)C1. The molecule has 0 radical (unpaired) electrons. The molecule has 0 spiro atoms. The average molecular weight is 421 g/mol. The van der Waals surface area contributed by atoms with E-state index in [0.717, 1.165) is 25.7 Å². The number of nitrogens with one attached hydrogen (secondary N) is 1. The number of halogens is 1. The van der Waals surface area contributed by atoms with Gasteiger partial charge in [-0.05, 0) is 72.9 Å². The summed E-state index contributed by atoms with van der Waals surface area (Å²) in [7, 11) is -0.951. The van der Waals surface area contributed by atoms with Crippen molar-refractivity contribution in [1.29, 1.82) is 0 Å². The Labute approximate surface area is 142 Å². The molecule has 0 aliphatic heterocycles. The minimum Gasteiger partial charge on any atom is -0.313 e. The van der Waals surface area contributed by atoms with E-state index >= 15 is 0 Å². The van der Waals surface area contributed by atoms with Crippen molar-refractivity contribution in [3.8, 4) is 0 Å². The Morgan fingerprint density at radius 3 is 2.67 bits per heavy atom. The molecule has 0 heterocycles. The molecule has 0 aromatic heterocycles. The lowest BCUT2D eigenvalue weighted by Gasteiger charge is -2.34. The van der Waals surface area contributed by atoms with E-state index in [1.807, 2.05) is 7.05 Å². The second-order valence-electron chi connectivity index (χ2n) is 6.12. The summed E-state index contributed by atoms with van der Waals surface area (Å²) in [5.74, 6) is 0.388. The van der Waals surface area contributed by atoms with Gasteiger partial charge in [0.15, 0.2) is 0 Å². The maximum absolute atomic E-state index is 11.9. The van der Waals surface area contributed by atoms with E-state index in [4.69, 9.17) is 0 Å². The highest BCUT2D eigenvalue weighted by Crippen LogP contribution is 2.38. The first-order chi connectivity index (χ1) is 9.84. The predicted molar refractivity (Wildman–Crippen MR) is 96.3 cm³/mol. The minimum absolute atomic E-state index is 0.172. The first-order valence-electron chi connectivity index (χ1n) is 7.45. The highest BCUT2D eigenvalue weighted by Gasteiger charge is 2.33. The lowest BCUT2D eigenvalue weighted by molar-refractivity contribution is 0.282. The Kier molecular flexibility index (Phi) is 5.71. The van der Waals surface area contributed by atoms with Crippen LogP contribution < -0.4 is 5.32 Å². The maximum atomic E-state index is 11.9. The summed E-state index contributed by atoms with van der Waals surface area (Å²) >= 11 is 2.40. The summed E-state index contributed by atoms with van der Waals surface area (Å²) in [6.45, 7) is 2.12. The average Bonchev–Trinajstić information content (AvgIpc) is 2.44. The van der Waals surface area contributed by atoms with Crippen molar-refractivity contribution in [3.63, 3.8) is 0 Å². The van der Waals surface area contributed by atoms with Gasteiger partial charge >= 0.3 is 0 Å². The Balaban J connectivity index is 2.27. The molecule has 1 saturated carbocycles. The third-order valence-corrected chi connectivity index (χ3v) is 7.72. The van der Waals surface area contributed by atoms with Gasteiger partial charge < -0.3 is 5.32 Å². The zero-order chi connectivity index (χ0) is 15.6. The van der Waals surface area contributed by atoms with Gasteiger partial charge in [0, 0.05) is 15.9 Å². The molecule has 1 aliphatic carbocycles. The maximum Gasteiger partial charge on any atom is 0.150 e. The van der Waals surface area contributed by atoms with Crippen LogP contribution in [0.1, 0.15) is 42.9 Å². The smallest absolute Gasteiger partial charge is 0.150 e. The molecule has 21 heavy (non-hydrogen) atoms. The van der Waals surface area contributed by atoms with Crippen LogP contribution in [0.4, 0.5) is 0 Å². The minimum atomic E-state index is -2.93. The standard InChI is InChI=1S/C16H24INO2S/c1-11-6-4-9-14(15(11)17)16(18-2)12-7-5-8-13(10-12)21(3,19)20/h4,6,9,12-13,16,18H,5,7-8,10H2,1-3H3. The zero-order valence-electron chi connectivity index (χ0n) is 12.9. The third kappa shape index (κ3) is 3.99. The summed E-state index contributed by atoms with van der Waals surface area (Å²) in [5.41, 5.74) is 2.58. The molecule has 3 atom stereocenters. The number of hydrogen-bond donors (Lipinski definition) is 1. The largest absolute Gasteiger partial charge is 0.313 e. The molecule has 1 aromatic carbocycles. The van der Waals surface area contributed by atoms with E-state index < -0.39 is 9.84 Å². The van der Waals surface area contributed by atoms with Gasteiger partial charge in [-0.25, -0.2) is 8.42 Å². The molecule has 3 nitrogen and oxygen atoms in total. The van der Waals surface area contributed by atoms with Crippen molar-refractivity contribution in [2.45, 2.75) is 43.9 Å². The quantitative estimate of drug-likeness (QED) is 0.758. The molecular formula is C16H24INO2S. The highest BCUT2D eigenvalue weighted by atomic mass is 127. The molecular weight excluding hydrogens is 397 g/mol. The number of benzene rings is 1. The van der Waals surface area contributed by atoms with E-state index in [2.05, 4.69) is 53.0 Å². The summed E-state index contributed by atoms with van der Waals surface area (Å²) < 4.78 is 25.0. The lowest BCUT2D eigenvalue weighted by atomic mass is 9.80. The van der Waals surface area contributed by atoms with E-state index in [-0.39, 0.29) is 11.3 Å². The summed E-state index contributed by atoms with van der Waals surface area (Å²) in [4.78, 5) is 0. The monoisotopic (exact) mass is 421 g/mol. The summed E-state index contributed by atoms with van der Waals surface area (Å²) in [6.07, 6.45) is 5.07. The molecule has 3 unspecified atom stereocenters. The fourth-order valence-corrected chi connectivity index (χ4v) is 5.31. The van der Waals surface area contributed by atoms with Crippen LogP contribution in [0.25, 0.3) is 0 Å². The van der Waals surface area contributed by atoms with Gasteiger partial charge in [-0.2, -0.15) is 0 Å². The summed E-state index contributed by atoms with van der Waals surface area (Å²) in [6, 6.07) is 6.62. The Hall–Kier alpha value is -0.140. The second kappa shape index (κ2) is 6.96. The molecule has 5 heteroatoms. The van der Waals surface area contributed by atoms with Gasteiger partial charge in [0.1, 0.15) is 9.84 Å². The van der Waals surface area contributed by atoms with E-state index in [1.54, 1.807) is 0 Å². The highest BCUT2D eigenvalue weighted by molar-refractivity contribution is 14.1. The van der Waals surface area contributed by atoms with E-state index in [0.29, 0.717) is 5.92 Å². The first kappa shape index (κ1) is 17.2. The van der Waals surface area contributed by atoms with Crippen molar-refractivity contribution >= 4 is 32.4 Å². The van der Waals surface area contributed by atoms with Crippen LogP contribution in [-0.2, 0) is 9.84 Å². The van der Waals surface area contributed by atoms with Crippen LogP contribution >= 0.6 is 22.6 Å².